The molecule has 0 aliphatic carbocycles. The summed E-state index contributed by atoms with van der Waals surface area (Å²) in [5, 5.41) is 4.09. The number of methoxy groups -OCH3 is 1. The molecular weight excluding hydrogens is 228 g/mol. The van der Waals surface area contributed by atoms with Gasteiger partial charge in [-0.05, 0) is 29.8 Å². The van der Waals surface area contributed by atoms with Gasteiger partial charge >= 0.3 is 0 Å². The predicted molar refractivity (Wildman–Crippen MR) is 69.4 cm³/mol. The molecule has 18 heavy (non-hydrogen) atoms. The molecule has 5 nitrogen and oxygen atoms in total. The molecule has 1 aromatic carbocycles. The van der Waals surface area contributed by atoms with E-state index in [1.807, 2.05) is 42.6 Å². The monoisotopic (exact) mass is 240 g/mol. The first kappa shape index (κ1) is 10.6. The summed E-state index contributed by atoms with van der Waals surface area (Å²) in [4.78, 5) is 4.08. The molecule has 0 fully saturated rings. The number of hydrogen-bond acceptors (Lipinski definition) is 4. The number of fused-ring (bicyclic) bond motifs is 1. The molecule has 3 rings (SSSR count). The normalized spacial score (nSPS) is 10.7. The molecule has 0 aliphatic heterocycles. The molecule has 2 aromatic heterocycles. The third-order valence-corrected chi connectivity index (χ3v) is 2.77. The van der Waals surface area contributed by atoms with Gasteiger partial charge in [0.05, 0.1) is 7.11 Å². The highest BCUT2D eigenvalue weighted by atomic mass is 16.5. The van der Waals surface area contributed by atoms with Crippen LogP contribution in [0.5, 0.6) is 5.75 Å². The van der Waals surface area contributed by atoms with E-state index in [2.05, 4.69) is 10.1 Å². The molecule has 3 aromatic rings. The standard InChI is InChI=1S/C13H12N4O/c1-18-11-5-2-9(3-6-11)10-4-7-12-15-13(14)16-17(12)8-10/h2-8H,1H3,(H2,14,16). The number of nitrogens with two attached hydrogens (primary N) is 1. The second-order valence-corrected chi connectivity index (χ2v) is 3.92. The van der Waals surface area contributed by atoms with Gasteiger partial charge in [-0.3, -0.25) is 0 Å². The fourth-order valence-corrected chi connectivity index (χ4v) is 1.85. The number of nitrogen functional groups attached to an aromatic ring is 1. The summed E-state index contributed by atoms with van der Waals surface area (Å²) in [5.74, 6) is 1.12. The molecule has 2 heterocycles. The van der Waals surface area contributed by atoms with Crippen LogP contribution in [0.4, 0.5) is 5.95 Å². The van der Waals surface area contributed by atoms with Gasteiger partial charge in [-0.15, -0.1) is 5.10 Å². The molecule has 0 amide bonds. The zero-order valence-corrected chi connectivity index (χ0v) is 9.87. The van der Waals surface area contributed by atoms with Crippen LogP contribution in [-0.4, -0.2) is 21.7 Å². The minimum absolute atomic E-state index is 0.280. The van der Waals surface area contributed by atoms with E-state index >= 15 is 0 Å². The Labute approximate surface area is 104 Å². The minimum atomic E-state index is 0.280. The summed E-state index contributed by atoms with van der Waals surface area (Å²) in [6.45, 7) is 0. The van der Waals surface area contributed by atoms with Gasteiger partial charge in [-0.1, -0.05) is 12.1 Å². The number of rotatable bonds is 2. The van der Waals surface area contributed by atoms with Gasteiger partial charge in [0.25, 0.3) is 0 Å². The summed E-state index contributed by atoms with van der Waals surface area (Å²) < 4.78 is 6.81. The van der Waals surface area contributed by atoms with Gasteiger partial charge in [0.1, 0.15) is 5.75 Å². The SMILES string of the molecule is COc1ccc(-c2ccc3nc(N)nn3c2)cc1. The van der Waals surface area contributed by atoms with Crippen LogP contribution in [0.2, 0.25) is 0 Å². The van der Waals surface area contributed by atoms with Crippen molar-refractivity contribution in [3.63, 3.8) is 0 Å². The summed E-state index contributed by atoms with van der Waals surface area (Å²) >= 11 is 0. The lowest BCUT2D eigenvalue weighted by Crippen LogP contribution is -1.90. The highest BCUT2D eigenvalue weighted by Gasteiger charge is 2.03. The fraction of sp³-hybridized carbons (Fsp3) is 0.0769. The number of aromatic nitrogens is 3. The van der Waals surface area contributed by atoms with Crippen LogP contribution in [0.1, 0.15) is 0 Å². The van der Waals surface area contributed by atoms with E-state index < -0.39 is 0 Å². The average molecular weight is 240 g/mol. The summed E-state index contributed by atoms with van der Waals surface area (Å²) in [6, 6.07) is 11.7. The van der Waals surface area contributed by atoms with Crippen LogP contribution < -0.4 is 10.5 Å². The van der Waals surface area contributed by atoms with Crippen molar-refractivity contribution in [1.82, 2.24) is 14.6 Å². The van der Waals surface area contributed by atoms with Crippen molar-refractivity contribution >= 4 is 11.6 Å². The number of anilines is 1. The first-order chi connectivity index (χ1) is 8.76. The van der Waals surface area contributed by atoms with Crippen molar-refractivity contribution in [2.75, 3.05) is 12.8 Å². The average Bonchev–Trinajstić information content (AvgIpc) is 2.78. The first-order valence-corrected chi connectivity index (χ1v) is 5.52. The Balaban J connectivity index is 2.06. The van der Waals surface area contributed by atoms with E-state index in [1.54, 1.807) is 11.6 Å². The molecule has 0 saturated heterocycles. The molecule has 0 spiro atoms. The van der Waals surface area contributed by atoms with Gasteiger partial charge in [-0.25, -0.2) is 4.52 Å². The maximum absolute atomic E-state index is 5.56. The smallest absolute Gasteiger partial charge is 0.240 e. The molecule has 0 aliphatic rings. The van der Waals surface area contributed by atoms with Crippen molar-refractivity contribution in [3.05, 3.63) is 42.6 Å². The molecule has 0 saturated carbocycles. The van der Waals surface area contributed by atoms with E-state index in [9.17, 15) is 0 Å². The Kier molecular flexibility index (Phi) is 2.37. The second-order valence-electron chi connectivity index (χ2n) is 3.92. The van der Waals surface area contributed by atoms with Crippen molar-refractivity contribution in [2.45, 2.75) is 0 Å². The maximum atomic E-state index is 5.56. The Hall–Kier alpha value is -2.56. The van der Waals surface area contributed by atoms with Crippen molar-refractivity contribution in [1.29, 1.82) is 0 Å². The quantitative estimate of drug-likeness (QED) is 0.744. The zero-order valence-electron chi connectivity index (χ0n) is 9.87. The molecule has 5 heteroatoms. The Bertz CT molecular complexity index is 688. The lowest BCUT2D eigenvalue weighted by Gasteiger charge is -2.03. The molecule has 0 unspecified atom stereocenters. The molecule has 2 N–H and O–H groups in total. The van der Waals surface area contributed by atoms with E-state index in [-0.39, 0.29) is 5.95 Å². The minimum Gasteiger partial charge on any atom is -0.497 e. The number of benzene rings is 1. The first-order valence-electron chi connectivity index (χ1n) is 5.52. The van der Waals surface area contributed by atoms with E-state index in [0.29, 0.717) is 0 Å². The summed E-state index contributed by atoms with van der Waals surface area (Å²) in [5.41, 5.74) is 8.44. The van der Waals surface area contributed by atoms with E-state index in [4.69, 9.17) is 10.5 Å². The third-order valence-electron chi connectivity index (χ3n) is 2.77. The fourth-order valence-electron chi connectivity index (χ4n) is 1.85. The van der Waals surface area contributed by atoms with Crippen molar-refractivity contribution in [2.24, 2.45) is 0 Å². The molecule has 90 valence electrons. The van der Waals surface area contributed by atoms with E-state index in [1.165, 1.54) is 0 Å². The molecular formula is C13H12N4O. The number of ether oxygens (including phenoxy) is 1. The van der Waals surface area contributed by atoms with Crippen molar-refractivity contribution in [3.8, 4) is 16.9 Å². The van der Waals surface area contributed by atoms with Crippen molar-refractivity contribution < 1.29 is 4.74 Å². The van der Waals surface area contributed by atoms with Gasteiger partial charge in [0, 0.05) is 11.8 Å². The largest absolute Gasteiger partial charge is 0.497 e. The second kappa shape index (κ2) is 4.03. The third kappa shape index (κ3) is 1.75. The van der Waals surface area contributed by atoms with Gasteiger partial charge in [0.2, 0.25) is 5.95 Å². The molecule has 0 radical (unpaired) electrons. The lowest BCUT2D eigenvalue weighted by atomic mass is 10.1. The topological polar surface area (TPSA) is 65.4 Å². The Morgan fingerprint density at radius 3 is 2.50 bits per heavy atom. The van der Waals surface area contributed by atoms with Gasteiger partial charge < -0.3 is 10.5 Å². The zero-order chi connectivity index (χ0) is 12.5. The maximum Gasteiger partial charge on any atom is 0.240 e. The van der Waals surface area contributed by atoms with Crippen LogP contribution in [0, 0.1) is 0 Å². The van der Waals surface area contributed by atoms with E-state index in [0.717, 1.165) is 22.5 Å². The Morgan fingerprint density at radius 2 is 1.78 bits per heavy atom. The van der Waals surface area contributed by atoms with Crippen LogP contribution in [0.3, 0.4) is 0 Å². The molecule has 0 bridgehead atoms. The number of nitrogens with zero attached hydrogens (tertiary/aromatic N) is 3. The number of hydrogen-bond donors (Lipinski definition) is 1. The highest BCUT2D eigenvalue weighted by molar-refractivity contribution is 5.65. The number of pyridine rings is 1. The van der Waals surface area contributed by atoms with Crippen LogP contribution in [0.15, 0.2) is 42.6 Å². The van der Waals surface area contributed by atoms with Crippen LogP contribution >= 0.6 is 0 Å². The lowest BCUT2D eigenvalue weighted by molar-refractivity contribution is 0.415. The van der Waals surface area contributed by atoms with Gasteiger partial charge in [-0.2, -0.15) is 4.98 Å². The predicted octanol–water partition coefficient (Wildman–Crippen LogP) is 1.99. The van der Waals surface area contributed by atoms with Crippen LogP contribution in [0.25, 0.3) is 16.8 Å². The van der Waals surface area contributed by atoms with Gasteiger partial charge in [0.15, 0.2) is 5.65 Å². The summed E-state index contributed by atoms with van der Waals surface area (Å²) in [7, 11) is 1.65. The summed E-state index contributed by atoms with van der Waals surface area (Å²) in [6.07, 6.45) is 1.90. The molecule has 0 atom stereocenters. The highest BCUT2D eigenvalue weighted by Crippen LogP contribution is 2.22. The van der Waals surface area contributed by atoms with Crippen LogP contribution in [-0.2, 0) is 0 Å². The Morgan fingerprint density at radius 1 is 1.06 bits per heavy atom.